The minimum Gasteiger partial charge on any atom is -0.396 e. The van der Waals surface area contributed by atoms with Crippen LogP contribution in [0.25, 0.3) is 0 Å². The van der Waals surface area contributed by atoms with Crippen LogP contribution in [0.3, 0.4) is 0 Å². The minimum absolute atomic E-state index is 0.0319. The van der Waals surface area contributed by atoms with E-state index in [-0.39, 0.29) is 13.2 Å². The van der Waals surface area contributed by atoms with Gasteiger partial charge in [0.2, 0.25) is 0 Å². The highest BCUT2D eigenvalue weighted by Crippen LogP contribution is 2.14. The summed E-state index contributed by atoms with van der Waals surface area (Å²) < 4.78 is 1.96. The van der Waals surface area contributed by atoms with Crippen LogP contribution in [0.2, 0.25) is 0 Å². The van der Waals surface area contributed by atoms with E-state index in [1.165, 1.54) is 0 Å². The fourth-order valence-electron chi connectivity index (χ4n) is 1.35. The first-order valence-electron chi connectivity index (χ1n) is 5.13. The predicted octanol–water partition coefficient (Wildman–Crippen LogP) is 0.639. The summed E-state index contributed by atoms with van der Waals surface area (Å²) in [5, 5.41) is 18.3. The summed E-state index contributed by atoms with van der Waals surface area (Å²) in [6, 6.07) is 4.05. The molecule has 0 saturated carbocycles. The van der Waals surface area contributed by atoms with Crippen molar-refractivity contribution >= 4 is 0 Å². The van der Waals surface area contributed by atoms with Crippen LogP contribution in [0.5, 0.6) is 0 Å². The Hall–Kier alpha value is -1.00. The molecule has 1 aromatic rings. The molecule has 86 valence electrons. The third-order valence-electron chi connectivity index (χ3n) is 2.70. The fraction of sp³-hybridized carbons (Fsp3) is 0.636. The smallest absolute Gasteiger partial charge is 0.0524 e. The van der Waals surface area contributed by atoms with E-state index in [9.17, 15) is 0 Å². The largest absolute Gasteiger partial charge is 0.396 e. The Bertz CT molecular complexity index is 297. The summed E-state index contributed by atoms with van der Waals surface area (Å²) in [7, 11) is 0. The van der Waals surface area contributed by atoms with E-state index in [0.29, 0.717) is 6.54 Å². The van der Waals surface area contributed by atoms with Gasteiger partial charge in [0.25, 0.3) is 0 Å². The molecular weight excluding hydrogens is 192 g/mol. The van der Waals surface area contributed by atoms with Crippen LogP contribution in [0, 0.1) is 19.3 Å². The molecule has 3 N–H and O–H groups in total. The molecule has 0 unspecified atom stereocenters. The van der Waals surface area contributed by atoms with E-state index in [1.54, 1.807) is 0 Å². The maximum absolute atomic E-state index is 9.14. The third-order valence-corrected chi connectivity index (χ3v) is 2.70. The van der Waals surface area contributed by atoms with Gasteiger partial charge in [-0.25, -0.2) is 0 Å². The summed E-state index contributed by atoms with van der Waals surface area (Å²) in [6.45, 7) is 6.33. The van der Waals surface area contributed by atoms with E-state index in [2.05, 4.69) is 5.43 Å². The quantitative estimate of drug-likeness (QED) is 0.671. The summed E-state index contributed by atoms with van der Waals surface area (Å²) >= 11 is 0. The second-order valence-corrected chi connectivity index (χ2v) is 4.41. The van der Waals surface area contributed by atoms with Gasteiger partial charge in [-0.2, -0.15) is 0 Å². The van der Waals surface area contributed by atoms with Gasteiger partial charge in [0, 0.05) is 23.3 Å². The minimum atomic E-state index is -0.483. The number of hydrogen-bond donors (Lipinski definition) is 3. The van der Waals surface area contributed by atoms with Gasteiger partial charge in [0.1, 0.15) is 0 Å². The fourth-order valence-corrected chi connectivity index (χ4v) is 1.35. The summed E-state index contributed by atoms with van der Waals surface area (Å²) in [4.78, 5) is 0. The third kappa shape index (κ3) is 2.73. The van der Waals surface area contributed by atoms with Gasteiger partial charge in [0.15, 0.2) is 0 Å². The van der Waals surface area contributed by atoms with E-state index < -0.39 is 5.41 Å². The summed E-state index contributed by atoms with van der Waals surface area (Å²) in [5.74, 6) is 0. The molecule has 0 atom stereocenters. The standard InChI is InChI=1S/C11H20N2O2/c1-9-4-5-10(2)13(9)12-6-11(3,7-14)8-15/h4-5,12,14-15H,6-8H2,1-3H3. The van der Waals surface area contributed by atoms with Crippen molar-refractivity contribution in [3.8, 4) is 0 Å². The Kier molecular flexibility index (Phi) is 3.77. The zero-order chi connectivity index (χ0) is 11.5. The molecule has 0 aliphatic carbocycles. The second kappa shape index (κ2) is 4.68. The van der Waals surface area contributed by atoms with Gasteiger partial charge in [-0.3, -0.25) is 4.68 Å². The number of aryl methyl sites for hydroxylation is 2. The van der Waals surface area contributed by atoms with Gasteiger partial charge < -0.3 is 15.6 Å². The van der Waals surface area contributed by atoms with Gasteiger partial charge in [-0.05, 0) is 26.0 Å². The lowest BCUT2D eigenvalue weighted by Gasteiger charge is -2.26. The van der Waals surface area contributed by atoms with E-state index >= 15 is 0 Å². The average molecular weight is 212 g/mol. The molecule has 15 heavy (non-hydrogen) atoms. The van der Waals surface area contributed by atoms with Gasteiger partial charge in [0.05, 0.1) is 13.2 Å². The van der Waals surface area contributed by atoms with Crippen molar-refractivity contribution < 1.29 is 10.2 Å². The van der Waals surface area contributed by atoms with Crippen LogP contribution in [-0.4, -0.2) is 34.6 Å². The molecule has 0 aliphatic rings. The topological polar surface area (TPSA) is 57.4 Å². The lowest BCUT2D eigenvalue weighted by atomic mass is 9.93. The lowest BCUT2D eigenvalue weighted by molar-refractivity contribution is 0.0784. The number of nitrogens with zero attached hydrogens (tertiary/aromatic N) is 1. The number of nitrogens with one attached hydrogen (secondary N) is 1. The molecule has 0 spiro atoms. The SMILES string of the molecule is Cc1ccc(C)n1NCC(C)(CO)CO. The normalized spacial score (nSPS) is 11.8. The number of aromatic nitrogens is 1. The maximum Gasteiger partial charge on any atom is 0.0524 e. The highest BCUT2D eigenvalue weighted by Gasteiger charge is 2.22. The van der Waals surface area contributed by atoms with E-state index in [4.69, 9.17) is 10.2 Å². The van der Waals surface area contributed by atoms with Crippen LogP contribution in [0.4, 0.5) is 0 Å². The molecule has 0 aromatic carbocycles. The Morgan fingerprint density at radius 3 is 2.07 bits per heavy atom. The van der Waals surface area contributed by atoms with Crippen molar-refractivity contribution in [3.05, 3.63) is 23.5 Å². The maximum atomic E-state index is 9.14. The van der Waals surface area contributed by atoms with Crippen molar-refractivity contribution in [1.82, 2.24) is 4.68 Å². The molecule has 0 fully saturated rings. The highest BCUT2D eigenvalue weighted by atomic mass is 16.3. The molecule has 0 amide bonds. The molecule has 0 saturated heterocycles. The average Bonchev–Trinajstić information content (AvgIpc) is 2.56. The van der Waals surface area contributed by atoms with E-state index in [1.807, 2.05) is 37.6 Å². The van der Waals surface area contributed by atoms with Crippen LogP contribution in [0.1, 0.15) is 18.3 Å². The first-order chi connectivity index (χ1) is 7.02. The second-order valence-electron chi connectivity index (χ2n) is 4.41. The molecule has 1 rings (SSSR count). The molecule has 0 radical (unpaired) electrons. The molecule has 0 bridgehead atoms. The van der Waals surface area contributed by atoms with Crippen LogP contribution < -0.4 is 5.43 Å². The summed E-state index contributed by atoms with van der Waals surface area (Å²) in [6.07, 6.45) is 0. The van der Waals surface area contributed by atoms with Gasteiger partial charge in [-0.1, -0.05) is 6.92 Å². The number of hydrogen-bond acceptors (Lipinski definition) is 3. The van der Waals surface area contributed by atoms with Crippen LogP contribution in [0.15, 0.2) is 12.1 Å². The first-order valence-corrected chi connectivity index (χ1v) is 5.13. The Morgan fingerprint density at radius 1 is 1.20 bits per heavy atom. The molecule has 1 heterocycles. The Morgan fingerprint density at radius 2 is 1.67 bits per heavy atom. The van der Waals surface area contributed by atoms with Crippen molar-refractivity contribution in [1.29, 1.82) is 0 Å². The summed E-state index contributed by atoms with van der Waals surface area (Å²) in [5.41, 5.74) is 4.95. The highest BCUT2D eigenvalue weighted by molar-refractivity contribution is 5.15. The van der Waals surface area contributed by atoms with Gasteiger partial charge >= 0.3 is 0 Å². The van der Waals surface area contributed by atoms with Gasteiger partial charge in [-0.15, -0.1) is 0 Å². The van der Waals surface area contributed by atoms with Crippen LogP contribution in [-0.2, 0) is 0 Å². The van der Waals surface area contributed by atoms with Crippen molar-refractivity contribution in [2.24, 2.45) is 5.41 Å². The monoisotopic (exact) mass is 212 g/mol. The van der Waals surface area contributed by atoms with Crippen molar-refractivity contribution in [2.45, 2.75) is 20.8 Å². The molecule has 0 aliphatic heterocycles. The Labute approximate surface area is 90.5 Å². The van der Waals surface area contributed by atoms with Crippen molar-refractivity contribution in [3.63, 3.8) is 0 Å². The molecule has 4 nitrogen and oxygen atoms in total. The Balaban J connectivity index is 2.64. The lowest BCUT2D eigenvalue weighted by Crippen LogP contribution is -2.37. The van der Waals surface area contributed by atoms with Crippen molar-refractivity contribution in [2.75, 3.05) is 25.2 Å². The predicted molar refractivity (Wildman–Crippen MR) is 60.4 cm³/mol. The van der Waals surface area contributed by atoms with E-state index in [0.717, 1.165) is 11.4 Å². The number of aliphatic hydroxyl groups excluding tert-OH is 2. The molecule has 1 aromatic heterocycles. The van der Waals surface area contributed by atoms with Crippen LogP contribution >= 0.6 is 0 Å². The molecule has 4 heteroatoms. The zero-order valence-electron chi connectivity index (χ0n) is 9.62. The molecular formula is C11H20N2O2. The number of aliphatic hydroxyl groups is 2. The first kappa shape index (κ1) is 12.1. The number of rotatable bonds is 5. The zero-order valence-corrected chi connectivity index (χ0v) is 9.62.